The van der Waals surface area contributed by atoms with Crippen LogP contribution in [0.5, 0.6) is 0 Å². The van der Waals surface area contributed by atoms with Gasteiger partial charge in [0.2, 0.25) is 5.91 Å². The lowest BCUT2D eigenvalue weighted by Gasteiger charge is -2.24. The number of carbonyl (C=O) groups is 1. The van der Waals surface area contributed by atoms with Gasteiger partial charge >= 0.3 is 0 Å². The standard InChI is InChI=1S/C14H22N2OS/c1-3-15-11(2)8-14(17)16(13-4-5-13)9-12-6-7-18-10-12/h6-7,10-11,13,15H,3-5,8-9H2,1-2H3. The molecule has 1 unspecified atom stereocenters. The monoisotopic (exact) mass is 266 g/mol. The molecule has 100 valence electrons. The van der Waals surface area contributed by atoms with E-state index in [0.29, 0.717) is 12.5 Å². The fourth-order valence-electron chi connectivity index (χ4n) is 2.19. The minimum Gasteiger partial charge on any atom is -0.335 e. The molecule has 3 nitrogen and oxygen atoms in total. The van der Waals surface area contributed by atoms with Crippen molar-refractivity contribution in [1.29, 1.82) is 0 Å². The summed E-state index contributed by atoms with van der Waals surface area (Å²) in [6.07, 6.45) is 2.95. The zero-order chi connectivity index (χ0) is 13.0. The van der Waals surface area contributed by atoms with E-state index in [1.165, 1.54) is 18.4 Å². The first-order valence-electron chi connectivity index (χ1n) is 6.74. The van der Waals surface area contributed by atoms with E-state index in [1.54, 1.807) is 11.3 Å². The molecule has 1 heterocycles. The SMILES string of the molecule is CCNC(C)CC(=O)N(Cc1ccsc1)C1CC1. The summed E-state index contributed by atoms with van der Waals surface area (Å²) in [5, 5.41) is 7.51. The quantitative estimate of drug-likeness (QED) is 0.823. The van der Waals surface area contributed by atoms with E-state index >= 15 is 0 Å². The number of hydrogen-bond donors (Lipinski definition) is 1. The summed E-state index contributed by atoms with van der Waals surface area (Å²) in [5.74, 6) is 0.289. The minimum absolute atomic E-state index is 0.270. The molecule has 1 atom stereocenters. The molecule has 1 aliphatic rings. The van der Waals surface area contributed by atoms with Crippen molar-refractivity contribution >= 4 is 17.2 Å². The molecule has 1 amide bonds. The summed E-state index contributed by atoms with van der Waals surface area (Å²) in [6, 6.07) is 2.87. The van der Waals surface area contributed by atoms with Gasteiger partial charge in [-0.05, 0) is 48.7 Å². The van der Waals surface area contributed by atoms with E-state index in [4.69, 9.17) is 0 Å². The van der Waals surface area contributed by atoms with E-state index in [2.05, 4.69) is 40.9 Å². The lowest BCUT2D eigenvalue weighted by molar-refractivity contribution is -0.132. The molecule has 0 aromatic carbocycles. The molecule has 0 saturated heterocycles. The Balaban J connectivity index is 1.90. The van der Waals surface area contributed by atoms with Gasteiger partial charge in [0.05, 0.1) is 0 Å². The number of nitrogens with one attached hydrogen (secondary N) is 1. The van der Waals surface area contributed by atoms with Gasteiger partial charge in [-0.2, -0.15) is 11.3 Å². The topological polar surface area (TPSA) is 32.3 Å². The molecule has 1 aliphatic carbocycles. The van der Waals surface area contributed by atoms with E-state index in [0.717, 1.165) is 13.1 Å². The van der Waals surface area contributed by atoms with Gasteiger partial charge in [-0.25, -0.2) is 0 Å². The van der Waals surface area contributed by atoms with Crippen LogP contribution in [0.25, 0.3) is 0 Å². The smallest absolute Gasteiger partial charge is 0.224 e. The molecule has 0 radical (unpaired) electrons. The van der Waals surface area contributed by atoms with E-state index < -0.39 is 0 Å². The van der Waals surface area contributed by atoms with Crippen LogP contribution in [0.4, 0.5) is 0 Å². The molecule has 1 saturated carbocycles. The Morgan fingerprint density at radius 1 is 1.61 bits per heavy atom. The van der Waals surface area contributed by atoms with Crippen LogP contribution in [0.2, 0.25) is 0 Å². The number of rotatable bonds is 7. The third-order valence-electron chi connectivity index (χ3n) is 3.27. The van der Waals surface area contributed by atoms with Crippen LogP contribution in [0.1, 0.15) is 38.7 Å². The third-order valence-corrected chi connectivity index (χ3v) is 4.01. The predicted molar refractivity (Wildman–Crippen MR) is 75.6 cm³/mol. The lowest BCUT2D eigenvalue weighted by Crippen LogP contribution is -2.37. The zero-order valence-corrected chi connectivity index (χ0v) is 12.0. The van der Waals surface area contributed by atoms with Crippen LogP contribution >= 0.6 is 11.3 Å². The van der Waals surface area contributed by atoms with Gasteiger partial charge in [0.1, 0.15) is 0 Å². The van der Waals surface area contributed by atoms with Crippen LogP contribution in [-0.4, -0.2) is 29.4 Å². The highest BCUT2D eigenvalue weighted by molar-refractivity contribution is 7.07. The average molecular weight is 266 g/mol. The van der Waals surface area contributed by atoms with E-state index in [-0.39, 0.29) is 11.9 Å². The third kappa shape index (κ3) is 3.82. The molecule has 0 bridgehead atoms. The molecule has 1 N–H and O–H groups in total. The van der Waals surface area contributed by atoms with Crippen molar-refractivity contribution in [2.75, 3.05) is 6.54 Å². The van der Waals surface area contributed by atoms with Gasteiger partial charge in [-0.1, -0.05) is 6.92 Å². The second-order valence-electron chi connectivity index (χ2n) is 5.05. The largest absolute Gasteiger partial charge is 0.335 e. The highest BCUT2D eigenvalue weighted by atomic mass is 32.1. The van der Waals surface area contributed by atoms with Crippen molar-refractivity contribution in [2.24, 2.45) is 0 Å². The summed E-state index contributed by atoms with van der Waals surface area (Å²) in [4.78, 5) is 14.4. The van der Waals surface area contributed by atoms with Gasteiger partial charge in [0, 0.05) is 25.0 Å². The molecule has 1 fully saturated rings. The van der Waals surface area contributed by atoms with Crippen molar-refractivity contribution in [3.63, 3.8) is 0 Å². The Morgan fingerprint density at radius 3 is 2.94 bits per heavy atom. The van der Waals surface area contributed by atoms with E-state index in [1.807, 2.05) is 0 Å². The van der Waals surface area contributed by atoms with Gasteiger partial charge < -0.3 is 10.2 Å². The van der Waals surface area contributed by atoms with Crippen molar-refractivity contribution < 1.29 is 4.79 Å². The summed E-state index contributed by atoms with van der Waals surface area (Å²) >= 11 is 1.70. The van der Waals surface area contributed by atoms with Crippen LogP contribution in [0, 0.1) is 0 Å². The Bertz CT molecular complexity index is 373. The fourth-order valence-corrected chi connectivity index (χ4v) is 2.85. The zero-order valence-electron chi connectivity index (χ0n) is 11.2. The Labute approximate surface area is 113 Å². The van der Waals surface area contributed by atoms with Crippen molar-refractivity contribution in [1.82, 2.24) is 10.2 Å². The molecule has 0 aliphatic heterocycles. The fraction of sp³-hybridized carbons (Fsp3) is 0.643. The highest BCUT2D eigenvalue weighted by Gasteiger charge is 2.32. The van der Waals surface area contributed by atoms with E-state index in [9.17, 15) is 4.79 Å². The molecule has 18 heavy (non-hydrogen) atoms. The maximum Gasteiger partial charge on any atom is 0.224 e. The number of amides is 1. The van der Waals surface area contributed by atoms with Crippen LogP contribution in [0.3, 0.4) is 0 Å². The second-order valence-corrected chi connectivity index (χ2v) is 5.83. The van der Waals surface area contributed by atoms with Gasteiger partial charge in [-0.15, -0.1) is 0 Å². The first kappa shape index (κ1) is 13.6. The molecule has 0 spiro atoms. The first-order chi connectivity index (χ1) is 8.70. The molecule has 4 heteroatoms. The number of nitrogens with zero attached hydrogens (tertiary/aromatic N) is 1. The normalized spacial score (nSPS) is 16.6. The second kappa shape index (κ2) is 6.34. The Morgan fingerprint density at radius 2 is 2.39 bits per heavy atom. The molecule has 1 aromatic heterocycles. The first-order valence-corrected chi connectivity index (χ1v) is 7.69. The van der Waals surface area contributed by atoms with Gasteiger partial charge in [0.15, 0.2) is 0 Å². The van der Waals surface area contributed by atoms with Crippen LogP contribution in [0.15, 0.2) is 16.8 Å². The predicted octanol–water partition coefficient (Wildman–Crippen LogP) is 2.63. The molecule has 1 aromatic rings. The summed E-state index contributed by atoms with van der Waals surface area (Å²) in [5.41, 5.74) is 1.26. The van der Waals surface area contributed by atoms with Crippen LogP contribution in [-0.2, 0) is 11.3 Å². The summed E-state index contributed by atoms with van der Waals surface area (Å²) in [7, 11) is 0. The lowest BCUT2D eigenvalue weighted by atomic mass is 10.2. The minimum atomic E-state index is 0.270. The Hall–Kier alpha value is -0.870. The maximum atomic E-state index is 12.3. The summed E-state index contributed by atoms with van der Waals surface area (Å²) in [6.45, 7) is 5.86. The Kier molecular flexibility index (Phi) is 4.78. The van der Waals surface area contributed by atoms with Crippen LogP contribution < -0.4 is 5.32 Å². The number of carbonyl (C=O) groups excluding carboxylic acids is 1. The number of hydrogen-bond acceptors (Lipinski definition) is 3. The molecular weight excluding hydrogens is 244 g/mol. The average Bonchev–Trinajstić information content (AvgIpc) is 3.03. The summed E-state index contributed by atoms with van der Waals surface area (Å²) < 4.78 is 0. The maximum absolute atomic E-state index is 12.3. The van der Waals surface area contributed by atoms with Gasteiger partial charge in [-0.3, -0.25) is 4.79 Å². The molecular formula is C14H22N2OS. The van der Waals surface area contributed by atoms with Gasteiger partial charge in [0.25, 0.3) is 0 Å². The number of thiophene rings is 1. The molecule has 2 rings (SSSR count). The highest BCUT2D eigenvalue weighted by Crippen LogP contribution is 2.29. The van der Waals surface area contributed by atoms with Crippen molar-refractivity contribution in [2.45, 2.75) is 51.7 Å². The van der Waals surface area contributed by atoms with Crippen molar-refractivity contribution in [3.05, 3.63) is 22.4 Å². The van der Waals surface area contributed by atoms with Crippen molar-refractivity contribution in [3.8, 4) is 0 Å².